The van der Waals surface area contributed by atoms with E-state index in [9.17, 15) is 24.6 Å². The standard InChI is InChI=1S/C25H31FO8/c1-4-32-20(31)21-33-19-10-16-15-6-5-13-9-14(28)7-8-22(13,2)24(15,26)17(29)11-23(16,3)25(19,34-21)18(30)12-27/h7-9,15-17,19,21,27,29H,4-6,10-12H2,1-3H3/t15-,16-,17-,19+,21?,22-,23-,24-,25+/m0/s1. The highest BCUT2D eigenvalue weighted by molar-refractivity contribution is 6.01. The summed E-state index contributed by atoms with van der Waals surface area (Å²) in [6.07, 6.45) is 1.56. The van der Waals surface area contributed by atoms with Gasteiger partial charge in [0, 0.05) is 16.7 Å². The Hall–Kier alpha value is -1.94. The summed E-state index contributed by atoms with van der Waals surface area (Å²) in [5.74, 6) is -2.69. The predicted molar refractivity (Wildman–Crippen MR) is 115 cm³/mol. The van der Waals surface area contributed by atoms with Crippen LogP contribution >= 0.6 is 0 Å². The van der Waals surface area contributed by atoms with Gasteiger partial charge in [-0.3, -0.25) is 9.59 Å². The van der Waals surface area contributed by atoms with E-state index in [0.29, 0.717) is 18.4 Å². The number of allylic oxidation sites excluding steroid dienone is 4. The number of fused-ring (bicyclic) bond motifs is 7. The third-order valence-electron chi connectivity index (χ3n) is 9.42. The molecule has 0 aromatic carbocycles. The van der Waals surface area contributed by atoms with Crippen LogP contribution in [0.4, 0.5) is 4.39 Å². The molecule has 1 heterocycles. The van der Waals surface area contributed by atoms with Gasteiger partial charge in [0.25, 0.3) is 6.29 Å². The monoisotopic (exact) mass is 478 g/mol. The highest BCUT2D eigenvalue weighted by atomic mass is 19.1. The number of hydrogen-bond donors (Lipinski definition) is 2. The van der Waals surface area contributed by atoms with Crippen LogP contribution in [0.1, 0.15) is 46.5 Å². The molecule has 8 nitrogen and oxygen atoms in total. The summed E-state index contributed by atoms with van der Waals surface area (Å²) in [4.78, 5) is 37.6. The van der Waals surface area contributed by atoms with Gasteiger partial charge in [0.2, 0.25) is 0 Å². The van der Waals surface area contributed by atoms with Crippen LogP contribution in [0.5, 0.6) is 0 Å². The Bertz CT molecular complexity index is 1010. The van der Waals surface area contributed by atoms with Crippen LogP contribution in [0.3, 0.4) is 0 Å². The van der Waals surface area contributed by atoms with E-state index in [0.717, 1.165) is 0 Å². The van der Waals surface area contributed by atoms with Gasteiger partial charge in [0.1, 0.15) is 6.61 Å². The molecule has 3 saturated carbocycles. The molecule has 0 spiro atoms. The fraction of sp³-hybridized carbons (Fsp3) is 0.720. The molecule has 0 amide bonds. The molecule has 5 aliphatic rings. The SMILES string of the molecule is CCOC(=O)C1O[C@@H]2C[C@H]3[C@@H]4CCC5=CC(=O)C=C[C@]5(C)[C@@]4(F)[C@@H](O)C[C@]3(C)[C@]2(C(=O)CO)O1. The highest BCUT2D eigenvalue weighted by Crippen LogP contribution is 2.71. The van der Waals surface area contributed by atoms with Gasteiger partial charge in [0.05, 0.1) is 18.8 Å². The zero-order valence-electron chi connectivity index (χ0n) is 19.6. The van der Waals surface area contributed by atoms with Gasteiger partial charge in [0.15, 0.2) is 22.8 Å². The van der Waals surface area contributed by atoms with E-state index in [1.54, 1.807) is 26.8 Å². The number of esters is 1. The molecule has 1 unspecified atom stereocenters. The van der Waals surface area contributed by atoms with Crippen LogP contribution in [-0.2, 0) is 28.6 Å². The molecule has 4 aliphatic carbocycles. The van der Waals surface area contributed by atoms with E-state index in [-0.39, 0.29) is 25.2 Å². The summed E-state index contributed by atoms with van der Waals surface area (Å²) in [7, 11) is 0. The fourth-order valence-corrected chi connectivity index (χ4v) is 7.89. The second kappa shape index (κ2) is 7.53. The third-order valence-corrected chi connectivity index (χ3v) is 9.42. The summed E-state index contributed by atoms with van der Waals surface area (Å²) in [6, 6.07) is 0. The smallest absolute Gasteiger partial charge is 0.363 e. The Balaban J connectivity index is 1.58. The Labute approximate surface area is 197 Å². The van der Waals surface area contributed by atoms with Gasteiger partial charge in [-0.1, -0.05) is 18.6 Å². The number of alkyl halides is 1. The number of aliphatic hydroxyl groups is 2. The molecular weight excluding hydrogens is 447 g/mol. The molecular formula is C25H31FO8. The quantitative estimate of drug-likeness (QED) is 0.585. The lowest BCUT2D eigenvalue weighted by Gasteiger charge is -2.62. The van der Waals surface area contributed by atoms with Crippen molar-refractivity contribution in [2.45, 2.75) is 76.2 Å². The largest absolute Gasteiger partial charge is 0.462 e. The van der Waals surface area contributed by atoms with Crippen molar-refractivity contribution >= 4 is 17.5 Å². The number of carbonyl (C=O) groups excluding carboxylic acids is 3. The second-order valence-electron chi connectivity index (χ2n) is 10.6. The van der Waals surface area contributed by atoms with Crippen molar-refractivity contribution in [2.24, 2.45) is 22.7 Å². The molecule has 4 fully saturated rings. The highest BCUT2D eigenvalue weighted by Gasteiger charge is 2.79. The van der Waals surface area contributed by atoms with Gasteiger partial charge in [-0.2, -0.15) is 0 Å². The van der Waals surface area contributed by atoms with Gasteiger partial charge in [-0.15, -0.1) is 0 Å². The predicted octanol–water partition coefficient (Wildman–Crippen LogP) is 1.57. The maximum Gasteiger partial charge on any atom is 0.363 e. The van der Waals surface area contributed by atoms with Crippen molar-refractivity contribution in [1.82, 2.24) is 0 Å². The number of Topliss-reactive ketones (excluding diaryl/α,β-unsaturated/α-hetero) is 1. The van der Waals surface area contributed by atoms with Crippen LogP contribution in [-0.4, -0.2) is 70.7 Å². The van der Waals surface area contributed by atoms with Crippen molar-refractivity contribution in [1.29, 1.82) is 0 Å². The fourth-order valence-electron chi connectivity index (χ4n) is 7.89. The first-order chi connectivity index (χ1) is 16.0. The van der Waals surface area contributed by atoms with Gasteiger partial charge in [-0.25, -0.2) is 9.18 Å². The number of carbonyl (C=O) groups is 3. The van der Waals surface area contributed by atoms with Crippen LogP contribution in [0, 0.1) is 22.7 Å². The van der Waals surface area contributed by atoms with Crippen LogP contribution < -0.4 is 0 Å². The van der Waals surface area contributed by atoms with E-state index in [4.69, 9.17) is 14.2 Å². The van der Waals surface area contributed by atoms with Crippen LogP contribution in [0.25, 0.3) is 0 Å². The Morgan fingerprint density at radius 1 is 1.29 bits per heavy atom. The van der Waals surface area contributed by atoms with Crippen LogP contribution in [0.15, 0.2) is 23.8 Å². The number of ketones is 2. The number of halogens is 1. The van der Waals surface area contributed by atoms with Crippen molar-refractivity contribution < 1.29 is 43.2 Å². The van der Waals surface area contributed by atoms with Crippen molar-refractivity contribution in [3.05, 3.63) is 23.8 Å². The Kier molecular flexibility index (Phi) is 5.27. The first-order valence-electron chi connectivity index (χ1n) is 11.9. The summed E-state index contributed by atoms with van der Waals surface area (Å²) in [5.41, 5.74) is -5.37. The summed E-state index contributed by atoms with van der Waals surface area (Å²) < 4.78 is 34.1. The molecule has 0 bridgehead atoms. The van der Waals surface area contributed by atoms with Gasteiger partial charge in [-0.05, 0) is 57.6 Å². The molecule has 34 heavy (non-hydrogen) atoms. The minimum Gasteiger partial charge on any atom is -0.462 e. The molecule has 9 heteroatoms. The molecule has 9 atom stereocenters. The van der Waals surface area contributed by atoms with Crippen molar-refractivity contribution in [3.8, 4) is 0 Å². The lowest BCUT2D eigenvalue weighted by Crippen LogP contribution is -2.69. The zero-order chi connectivity index (χ0) is 24.7. The topological polar surface area (TPSA) is 119 Å². The second-order valence-corrected chi connectivity index (χ2v) is 10.6. The molecule has 0 aromatic heterocycles. The lowest BCUT2D eigenvalue weighted by atomic mass is 9.44. The molecule has 2 N–H and O–H groups in total. The van der Waals surface area contributed by atoms with E-state index < -0.39 is 70.8 Å². The van der Waals surface area contributed by atoms with E-state index in [2.05, 4.69) is 0 Å². The van der Waals surface area contributed by atoms with E-state index in [1.165, 1.54) is 12.2 Å². The lowest BCUT2D eigenvalue weighted by molar-refractivity contribution is -0.233. The molecule has 5 rings (SSSR count). The number of rotatable bonds is 4. The number of ether oxygens (including phenoxy) is 3. The average molecular weight is 479 g/mol. The van der Waals surface area contributed by atoms with E-state index in [1.807, 2.05) is 0 Å². The van der Waals surface area contributed by atoms with Gasteiger partial charge < -0.3 is 24.4 Å². The zero-order valence-corrected chi connectivity index (χ0v) is 19.6. The molecule has 0 aromatic rings. The maximum absolute atomic E-state index is 17.2. The van der Waals surface area contributed by atoms with Crippen molar-refractivity contribution in [2.75, 3.05) is 13.2 Å². The molecule has 1 saturated heterocycles. The Morgan fingerprint density at radius 3 is 2.71 bits per heavy atom. The first kappa shape index (κ1) is 23.8. The summed E-state index contributed by atoms with van der Waals surface area (Å²) in [6.45, 7) is 4.38. The average Bonchev–Trinajstić information content (AvgIpc) is 3.29. The van der Waals surface area contributed by atoms with Crippen LogP contribution in [0.2, 0.25) is 0 Å². The van der Waals surface area contributed by atoms with E-state index >= 15 is 4.39 Å². The number of hydrogen-bond acceptors (Lipinski definition) is 8. The minimum atomic E-state index is -2.07. The molecule has 186 valence electrons. The maximum atomic E-state index is 17.2. The molecule has 1 aliphatic heterocycles. The Morgan fingerprint density at radius 2 is 2.03 bits per heavy atom. The molecule has 0 radical (unpaired) electrons. The minimum absolute atomic E-state index is 0.100. The third kappa shape index (κ3) is 2.64. The summed E-state index contributed by atoms with van der Waals surface area (Å²) in [5, 5.41) is 21.3. The normalized spacial score (nSPS) is 48.9. The summed E-state index contributed by atoms with van der Waals surface area (Å²) >= 11 is 0. The van der Waals surface area contributed by atoms with Crippen molar-refractivity contribution in [3.63, 3.8) is 0 Å². The number of aliphatic hydroxyl groups excluding tert-OH is 2. The first-order valence-corrected chi connectivity index (χ1v) is 11.9. The van der Waals surface area contributed by atoms with Gasteiger partial charge >= 0.3 is 5.97 Å².